The van der Waals surface area contributed by atoms with Crippen molar-refractivity contribution in [3.63, 3.8) is 0 Å². The third-order valence-electron chi connectivity index (χ3n) is 8.97. The second-order valence-corrected chi connectivity index (χ2v) is 12.9. The molecule has 2 amide bonds. The predicted octanol–water partition coefficient (Wildman–Crippen LogP) is 3.60. The van der Waals surface area contributed by atoms with E-state index in [1.165, 1.54) is 16.7 Å². The van der Waals surface area contributed by atoms with E-state index in [0.29, 0.717) is 53.3 Å². The van der Waals surface area contributed by atoms with E-state index in [4.69, 9.17) is 17.2 Å². The van der Waals surface area contributed by atoms with Crippen molar-refractivity contribution in [2.75, 3.05) is 45.1 Å². The maximum atomic E-state index is 13.8. The second kappa shape index (κ2) is 17.4. The number of nitrogens with zero attached hydrogens (tertiary/aromatic N) is 2. The largest absolute Gasteiger partial charge is 0.416 e. The number of halogens is 3. The Morgan fingerprint density at radius 1 is 0.840 bits per heavy atom. The SMILES string of the molecule is C[N+](CCN)(CCN)CCC[C@H](N)C(=O)N[C@H](CCc1ccccc1)C(=O)Nc1cc2ccccc2n(Cc2ccc(C(F)(F)F)cc2)c1=O. The lowest BCUT2D eigenvalue weighted by Gasteiger charge is -2.34. The maximum absolute atomic E-state index is 13.8. The second-order valence-electron chi connectivity index (χ2n) is 12.9. The van der Waals surface area contributed by atoms with Gasteiger partial charge in [0.15, 0.2) is 0 Å². The summed E-state index contributed by atoms with van der Waals surface area (Å²) in [7, 11) is 2.07. The first-order chi connectivity index (χ1) is 23.8. The number of benzene rings is 3. The number of fused-ring (bicyclic) bond motifs is 1. The van der Waals surface area contributed by atoms with Crippen LogP contribution < -0.4 is 33.4 Å². The number of nitrogens with two attached hydrogens (primary N) is 3. The molecule has 1 aromatic heterocycles. The van der Waals surface area contributed by atoms with Crippen molar-refractivity contribution in [2.24, 2.45) is 17.2 Å². The summed E-state index contributed by atoms with van der Waals surface area (Å²) in [6, 6.07) is 20.8. The Labute approximate surface area is 290 Å². The predicted molar refractivity (Wildman–Crippen MR) is 190 cm³/mol. The molecule has 0 saturated carbocycles. The number of aromatic nitrogens is 1. The Morgan fingerprint density at radius 3 is 2.12 bits per heavy atom. The van der Waals surface area contributed by atoms with Gasteiger partial charge in [-0.3, -0.25) is 14.4 Å². The fourth-order valence-electron chi connectivity index (χ4n) is 6.06. The van der Waals surface area contributed by atoms with Gasteiger partial charge in [0.2, 0.25) is 11.8 Å². The molecule has 1 heterocycles. The summed E-state index contributed by atoms with van der Waals surface area (Å²) in [6.07, 6.45) is -2.73. The summed E-state index contributed by atoms with van der Waals surface area (Å²) in [4.78, 5) is 41.0. The number of para-hydroxylation sites is 1. The minimum absolute atomic E-state index is 0.0271. The molecule has 50 heavy (non-hydrogen) atoms. The van der Waals surface area contributed by atoms with Crippen LogP contribution in [0.25, 0.3) is 10.9 Å². The Balaban J connectivity index is 1.55. The lowest BCUT2D eigenvalue weighted by atomic mass is 10.0. The number of amides is 2. The molecule has 8 N–H and O–H groups in total. The van der Waals surface area contributed by atoms with Crippen LogP contribution in [0.15, 0.2) is 89.7 Å². The highest BCUT2D eigenvalue weighted by Crippen LogP contribution is 2.29. The summed E-state index contributed by atoms with van der Waals surface area (Å²) >= 11 is 0. The number of aryl methyl sites for hydroxylation is 1. The summed E-state index contributed by atoms with van der Waals surface area (Å²) in [5.41, 5.74) is 18.5. The molecule has 2 atom stereocenters. The van der Waals surface area contributed by atoms with E-state index in [9.17, 15) is 27.6 Å². The molecule has 0 saturated heterocycles. The molecule has 268 valence electrons. The minimum Gasteiger partial charge on any atom is -0.343 e. The van der Waals surface area contributed by atoms with Crippen LogP contribution in [0.4, 0.5) is 18.9 Å². The van der Waals surface area contributed by atoms with E-state index >= 15 is 0 Å². The average molecular weight is 695 g/mol. The zero-order valence-corrected chi connectivity index (χ0v) is 28.3. The molecule has 0 aliphatic rings. The van der Waals surface area contributed by atoms with E-state index in [1.807, 2.05) is 30.3 Å². The molecule has 0 aliphatic carbocycles. The summed E-state index contributed by atoms with van der Waals surface area (Å²) in [5.74, 6) is -1.08. The lowest BCUT2D eigenvalue weighted by molar-refractivity contribution is -0.907. The quantitative estimate of drug-likeness (QED) is 0.106. The summed E-state index contributed by atoms with van der Waals surface area (Å²) in [5, 5.41) is 6.17. The molecule has 0 fully saturated rings. The van der Waals surface area contributed by atoms with E-state index in [0.717, 1.165) is 37.3 Å². The number of quaternary nitrogens is 1. The van der Waals surface area contributed by atoms with Crippen LogP contribution in [-0.2, 0) is 28.7 Å². The van der Waals surface area contributed by atoms with E-state index in [-0.39, 0.29) is 18.7 Å². The number of anilines is 1. The fraction of sp³-hybridized carbons (Fsp3) is 0.378. The smallest absolute Gasteiger partial charge is 0.343 e. The van der Waals surface area contributed by atoms with Crippen molar-refractivity contribution < 1.29 is 27.2 Å². The topological polar surface area (TPSA) is 158 Å². The molecule has 0 unspecified atom stereocenters. The van der Waals surface area contributed by atoms with Crippen LogP contribution in [0.2, 0.25) is 0 Å². The number of alkyl halides is 3. The molecular formula is C37H47F3N7O3+. The first-order valence-electron chi connectivity index (χ1n) is 16.8. The highest BCUT2D eigenvalue weighted by atomic mass is 19.4. The monoisotopic (exact) mass is 694 g/mol. The number of nitrogens with one attached hydrogen (secondary N) is 2. The average Bonchev–Trinajstić information content (AvgIpc) is 3.08. The van der Waals surface area contributed by atoms with E-state index < -0.39 is 41.2 Å². The van der Waals surface area contributed by atoms with Gasteiger partial charge in [-0.2, -0.15) is 13.2 Å². The van der Waals surface area contributed by atoms with Crippen LogP contribution in [0.1, 0.15) is 36.0 Å². The molecule has 0 aliphatic heterocycles. The van der Waals surface area contributed by atoms with Gasteiger partial charge in [-0.25, -0.2) is 0 Å². The van der Waals surface area contributed by atoms with Crippen LogP contribution in [0.5, 0.6) is 0 Å². The van der Waals surface area contributed by atoms with Gasteiger partial charge in [-0.05, 0) is 61.1 Å². The van der Waals surface area contributed by atoms with Gasteiger partial charge in [-0.1, -0.05) is 60.7 Å². The minimum atomic E-state index is -4.49. The third kappa shape index (κ3) is 10.5. The van der Waals surface area contributed by atoms with Gasteiger partial charge < -0.3 is 36.9 Å². The number of hydrogen-bond acceptors (Lipinski definition) is 6. The van der Waals surface area contributed by atoms with Gasteiger partial charge in [0.25, 0.3) is 5.56 Å². The van der Waals surface area contributed by atoms with Gasteiger partial charge in [-0.15, -0.1) is 0 Å². The lowest BCUT2D eigenvalue weighted by Crippen LogP contribution is -2.52. The standard InChI is InChI=1S/C37H46F3N7O3/c1-47(22-19-41,23-20-42)21-7-11-30(43)34(48)44-31(18-15-26-8-3-2-4-9-26)35(49)45-32-24-28-10-5-6-12-33(28)46(36(32)50)25-27-13-16-29(17-14-27)37(38,39)40/h2-6,8-10,12-14,16-17,24,30-31H,7,11,15,18-23,25,41-43H2,1H3,(H-,44,45,48,49)/p+1/t30-,31+/m0/s1. The van der Waals surface area contributed by atoms with Crippen LogP contribution in [-0.4, -0.2) is 72.7 Å². The Hall–Kier alpha value is -4.56. The Bertz CT molecular complexity index is 1770. The van der Waals surface area contributed by atoms with Crippen molar-refractivity contribution >= 4 is 28.4 Å². The summed E-state index contributed by atoms with van der Waals surface area (Å²) < 4.78 is 41.5. The fourth-order valence-corrected chi connectivity index (χ4v) is 6.06. The molecule has 4 aromatic rings. The van der Waals surface area contributed by atoms with Crippen molar-refractivity contribution in [3.05, 3.63) is 112 Å². The number of rotatable bonds is 17. The Morgan fingerprint density at radius 2 is 1.48 bits per heavy atom. The number of carbonyl (C=O) groups is 2. The zero-order valence-electron chi connectivity index (χ0n) is 28.3. The molecule has 0 spiro atoms. The molecule has 3 aromatic carbocycles. The normalized spacial score (nSPS) is 13.2. The molecule has 10 nitrogen and oxygen atoms in total. The number of pyridine rings is 1. The van der Waals surface area contributed by atoms with Gasteiger partial charge in [0, 0.05) is 18.5 Å². The van der Waals surface area contributed by atoms with Crippen LogP contribution in [0.3, 0.4) is 0 Å². The number of likely N-dealkylation sites (N-methyl/N-ethyl adjacent to an activating group) is 1. The summed E-state index contributed by atoms with van der Waals surface area (Å²) in [6.45, 7) is 3.24. The number of carbonyl (C=O) groups excluding carboxylic acids is 2. The van der Waals surface area contributed by atoms with Crippen molar-refractivity contribution in [2.45, 2.75) is 50.5 Å². The first-order valence-corrected chi connectivity index (χ1v) is 16.8. The van der Waals surface area contributed by atoms with Crippen LogP contribution in [0, 0.1) is 0 Å². The van der Waals surface area contributed by atoms with Gasteiger partial charge in [0.05, 0.1) is 50.3 Å². The van der Waals surface area contributed by atoms with Crippen molar-refractivity contribution in [1.82, 2.24) is 9.88 Å². The molecule has 4 rings (SSSR count). The van der Waals surface area contributed by atoms with Crippen LogP contribution >= 0.6 is 0 Å². The Kier molecular flexibility index (Phi) is 13.3. The van der Waals surface area contributed by atoms with Gasteiger partial charge in [0.1, 0.15) is 11.7 Å². The highest BCUT2D eigenvalue weighted by Gasteiger charge is 2.30. The molecular weight excluding hydrogens is 647 g/mol. The van der Waals surface area contributed by atoms with Crippen molar-refractivity contribution in [3.8, 4) is 0 Å². The number of hydrogen-bond donors (Lipinski definition) is 5. The first kappa shape index (κ1) is 38.2. The third-order valence-corrected chi connectivity index (χ3v) is 8.97. The van der Waals surface area contributed by atoms with Crippen molar-refractivity contribution in [1.29, 1.82) is 0 Å². The van der Waals surface area contributed by atoms with E-state index in [2.05, 4.69) is 17.7 Å². The maximum Gasteiger partial charge on any atom is 0.416 e. The molecule has 13 heteroatoms. The highest BCUT2D eigenvalue weighted by molar-refractivity contribution is 5.99. The van der Waals surface area contributed by atoms with Gasteiger partial charge >= 0.3 is 6.18 Å². The van der Waals surface area contributed by atoms with E-state index in [1.54, 1.807) is 30.3 Å². The molecule has 0 bridgehead atoms. The molecule has 0 radical (unpaired) electrons. The zero-order chi connectivity index (χ0) is 36.3.